The van der Waals surface area contributed by atoms with Crippen molar-refractivity contribution in [2.45, 2.75) is 33.2 Å². The molecule has 2 heterocycles. The summed E-state index contributed by atoms with van der Waals surface area (Å²) >= 11 is 0. The molecule has 0 radical (unpaired) electrons. The van der Waals surface area contributed by atoms with Crippen LogP contribution < -0.4 is 10.6 Å². The molecule has 1 amide bonds. The van der Waals surface area contributed by atoms with Gasteiger partial charge in [0, 0.05) is 44.2 Å². The monoisotopic (exact) mass is 400 g/mol. The van der Waals surface area contributed by atoms with Crippen LogP contribution in [0.5, 0.6) is 0 Å². The van der Waals surface area contributed by atoms with E-state index in [4.69, 9.17) is 4.42 Å². The van der Waals surface area contributed by atoms with Crippen molar-refractivity contribution in [2.24, 2.45) is 11.3 Å². The molecule has 29 heavy (non-hydrogen) atoms. The topological polar surface area (TPSA) is 70.4 Å². The molecule has 156 valence electrons. The van der Waals surface area contributed by atoms with E-state index in [2.05, 4.69) is 27.4 Å². The molecular weight excluding hydrogens is 371 g/mol. The lowest BCUT2D eigenvalue weighted by Gasteiger charge is -2.58. The molecule has 1 aromatic heterocycles. The van der Waals surface area contributed by atoms with Gasteiger partial charge in [0.1, 0.15) is 11.6 Å². The van der Waals surface area contributed by atoms with Crippen LogP contribution in [0.2, 0.25) is 0 Å². The molecule has 1 saturated carbocycles. The summed E-state index contributed by atoms with van der Waals surface area (Å²) in [5, 5.41) is 6.24. The number of amides is 1. The maximum Gasteiger partial charge on any atom is 0.226 e. The van der Waals surface area contributed by atoms with Gasteiger partial charge in [-0.25, -0.2) is 9.37 Å². The number of carbonyl (C=O) groups is 1. The van der Waals surface area contributed by atoms with Crippen LogP contribution in [0, 0.1) is 24.1 Å². The molecule has 2 aliphatic rings. The van der Waals surface area contributed by atoms with Crippen LogP contribution in [0.1, 0.15) is 31.2 Å². The fourth-order valence-corrected chi connectivity index (χ4v) is 4.54. The maximum atomic E-state index is 13.1. The van der Waals surface area contributed by atoms with Gasteiger partial charge in [0.05, 0.1) is 5.69 Å². The Bertz CT molecular complexity index is 850. The van der Waals surface area contributed by atoms with Crippen molar-refractivity contribution >= 4 is 5.91 Å². The number of halogens is 1. The SMILES string of the molecule is CCNCCNC(=O)C1CC2(C1)CN(Cc1nc(-c3ccc(F)cc3)oc1C)C2. The Morgan fingerprint density at radius 2 is 2.00 bits per heavy atom. The number of likely N-dealkylation sites (tertiary alicyclic amines) is 1. The van der Waals surface area contributed by atoms with E-state index in [1.165, 1.54) is 12.1 Å². The summed E-state index contributed by atoms with van der Waals surface area (Å²) in [6, 6.07) is 6.19. The second-order valence-corrected chi connectivity index (χ2v) is 8.42. The Morgan fingerprint density at radius 1 is 1.28 bits per heavy atom. The molecule has 0 atom stereocenters. The van der Waals surface area contributed by atoms with Crippen molar-refractivity contribution < 1.29 is 13.6 Å². The zero-order chi connectivity index (χ0) is 20.4. The van der Waals surface area contributed by atoms with Crippen molar-refractivity contribution in [2.75, 3.05) is 32.7 Å². The molecule has 0 unspecified atom stereocenters. The van der Waals surface area contributed by atoms with Crippen molar-refractivity contribution in [3.8, 4) is 11.5 Å². The van der Waals surface area contributed by atoms with Gasteiger partial charge in [0.2, 0.25) is 11.8 Å². The first-order valence-corrected chi connectivity index (χ1v) is 10.4. The minimum atomic E-state index is -0.270. The summed E-state index contributed by atoms with van der Waals surface area (Å²) < 4.78 is 18.9. The van der Waals surface area contributed by atoms with Crippen molar-refractivity contribution in [1.29, 1.82) is 0 Å². The smallest absolute Gasteiger partial charge is 0.226 e. The third-order valence-corrected chi connectivity index (χ3v) is 6.06. The summed E-state index contributed by atoms with van der Waals surface area (Å²) in [4.78, 5) is 19.2. The maximum absolute atomic E-state index is 13.1. The van der Waals surface area contributed by atoms with E-state index < -0.39 is 0 Å². The highest BCUT2D eigenvalue weighted by Gasteiger charge is 2.54. The predicted molar refractivity (Wildman–Crippen MR) is 109 cm³/mol. The Labute approximate surface area is 170 Å². The van der Waals surface area contributed by atoms with Gasteiger partial charge in [-0.1, -0.05) is 6.92 Å². The van der Waals surface area contributed by atoms with Crippen molar-refractivity contribution in [3.05, 3.63) is 41.5 Å². The van der Waals surface area contributed by atoms with Gasteiger partial charge >= 0.3 is 0 Å². The normalized spacial score (nSPS) is 18.4. The highest BCUT2D eigenvalue weighted by Crippen LogP contribution is 2.52. The van der Waals surface area contributed by atoms with Crippen LogP contribution in [-0.4, -0.2) is 48.5 Å². The standard InChI is InChI=1S/C22H29FN4O2/c1-3-24-8-9-25-20(28)17-10-22(11-17)13-27(14-22)12-19-15(2)29-21(26-19)16-4-6-18(23)7-5-16/h4-7,17,24H,3,8-14H2,1-2H3,(H,25,28). The Kier molecular flexibility index (Phi) is 5.69. The quantitative estimate of drug-likeness (QED) is 0.667. The van der Waals surface area contributed by atoms with E-state index >= 15 is 0 Å². The number of rotatable bonds is 8. The molecule has 2 aromatic rings. The average molecular weight is 400 g/mol. The largest absolute Gasteiger partial charge is 0.441 e. The van der Waals surface area contributed by atoms with Gasteiger partial charge in [-0.05, 0) is 56.0 Å². The van der Waals surface area contributed by atoms with E-state index in [1.54, 1.807) is 12.1 Å². The number of likely N-dealkylation sites (N-methyl/N-ethyl adjacent to an activating group) is 1. The van der Waals surface area contributed by atoms with Gasteiger partial charge in [-0.3, -0.25) is 9.69 Å². The zero-order valence-corrected chi connectivity index (χ0v) is 17.1. The minimum absolute atomic E-state index is 0.164. The number of benzene rings is 1. The lowest BCUT2D eigenvalue weighted by Crippen LogP contribution is -2.63. The van der Waals surface area contributed by atoms with Gasteiger partial charge in [-0.15, -0.1) is 0 Å². The highest BCUT2D eigenvalue weighted by molar-refractivity contribution is 5.79. The molecule has 6 nitrogen and oxygen atoms in total. The molecule has 2 fully saturated rings. The second-order valence-electron chi connectivity index (χ2n) is 8.42. The van der Waals surface area contributed by atoms with E-state index in [9.17, 15) is 9.18 Å². The third kappa shape index (κ3) is 4.36. The number of nitrogens with zero attached hydrogens (tertiary/aromatic N) is 2. The minimum Gasteiger partial charge on any atom is -0.441 e. The molecule has 7 heteroatoms. The number of hydrogen-bond donors (Lipinski definition) is 2. The fourth-order valence-electron chi connectivity index (χ4n) is 4.54. The molecular formula is C22H29FN4O2. The fraction of sp³-hybridized carbons (Fsp3) is 0.545. The first-order chi connectivity index (χ1) is 14.0. The molecule has 0 bridgehead atoms. The number of aromatic nitrogens is 1. The lowest BCUT2D eigenvalue weighted by molar-refractivity contribution is -0.145. The summed E-state index contributed by atoms with van der Waals surface area (Å²) in [7, 11) is 0. The van der Waals surface area contributed by atoms with E-state index in [-0.39, 0.29) is 17.6 Å². The molecule has 4 rings (SSSR count). The van der Waals surface area contributed by atoms with Crippen LogP contribution >= 0.6 is 0 Å². The lowest BCUT2D eigenvalue weighted by atomic mass is 9.57. The molecule has 1 spiro atoms. The average Bonchev–Trinajstić information content (AvgIpc) is 3.00. The van der Waals surface area contributed by atoms with E-state index in [0.717, 1.165) is 62.6 Å². The number of carbonyl (C=O) groups excluding carboxylic acids is 1. The highest BCUT2D eigenvalue weighted by atomic mass is 19.1. The number of hydrogen-bond acceptors (Lipinski definition) is 5. The molecule has 1 saturated heterocycles. The summed E-state index contributed by atoms with van der Waals surface area (Å²) in [5.74, 6) is 1.43. The zero-order valence-electron chi connectivity index (χ0n) is 17.1. The first-order valence-electron chi connectivity index (χ1n) is 10.4. The van der Waals surface area contributed by atoms with Gasteiger partial charge in [-0.2, -0.15) is 0 Å². The first kappa shape index (κ1) is 20.0. The molecule has 1 aliphatic heterocycles. The van der Waals surface area contributed by atoms with Crippen LogP contribution in [0.15, 0.2) is 28.7 Å². The van der Waals surface area contributed by atoms with Crippen molar-refractivity contribution in [3.63, 3.8) is 0 Å². The molecule has 1 aliphatic carbocycles. The Hall–Kier alpha value is -2.25. The van der Waals surface area contributed by atoms with E-state index in [1.807, 2.05) is 6.92 Å². The van der Waals surface area contributed by atoms with Gasteiger partial charge in [0.15, 0.2) is 0 Å². The van der Waals surface area contributed by atoms with Crippen LogP contribution in [0.4, 0.5) is 4.39 Å². The summed E-state index contributed by atoms with van der Waals surface area (Å²) in [5.41, 5.74) is 2.01. The molecule has 2 N–H and O–H groups in total. The number of oxazole rings is 1. The second kappa shape index (κ2) is 8.24. The van der Waals surface area contributed by atoms with Crippen LogP contribution in [0.25, 0.3) is 11.5 Å². The summed E-state index contributed by atoms with van der Waals surface area (Å²) in [6.07, 6.45) is 1.96. The van der Waals surface area contributed by atoms with Crippen LogP contribution in [0.3, 0.4) is 0 Å². The third-order valence-electron chi connectivity index (χ3n) is 6.06. The van der Waals surface area contributed by atoms with E-state index in [0.29, 0.717) is 17.9 Å². The predicted octanol–water partition coefficient (Wildman–Crippen LogP) is 2.73. The number of nitrogens with one attached hydrogen (secondary N) is 2. The van der Waals surface area contributed by atoms with Gasteiger partial charge < -0.3 is 15.1 Å². The Morgan fingerprint density at radius 3 is 2.69 bits per heavy atom. The summed E-state index contributed by atoms with van der Waals surface area (Å²) in [6.45, 7) is 9.19. The Balaban J connectivity index is 1.24. The van der Waals surface area contributed by atoms with Crippen molar-refractivity contribution in [1.82, 2.24) is 20.5 Å². The number of aryl methyl sites for hydroxylation is 1. The van der Waals surface area contributed by atoms with Crippen LogP contribution in [-0.2, 0) is 11.3 Å². The molecule has 1 aromatic carbocycles. The van der Waals surface area contributed by atoms with Gasteiger partial charge in [0.25, 0.3) is 0 Å².